The molecule has 0 aliphatic heterocycles. The third-order valence-electron chi connectivity index (χ3n) is 4.42. The molecule has 1 N–H and O–H groups in total. The number of hydrogen-bond donors (Lipinski definition) is 1. The molecule has 22 heavy (non-hydrogen) atoms. The van der Waals surface area contributed by atoms with Crippen molar-refractivity contribution in [2.75, 3.05) is 13.7 Å². The van der Waals surface area contributed by atoms with E-state index in [0.29, 0.717) is 6.61 Å². The van der Waals surface area contributed by atoms with E-state index in [9.17, 15) is 9.59 Å². The van der Waals surface area contributed by atoms with E-state index in [0.717, 1.165) is 0 Å². The fourth-order valence-electron chi connectivity index (χ4n) is 1.69. The minimum atomic E-state index is -1.88. The molecule has 0 saturated heterocycles. The van der Waals surface area contributed by atoms with Gasteiger partial charge in [-0.25, -0.2) is 4.79 Å². The van der Waals surface area contributed by atoms with Crippen molar-refractivity contribution in [2.24, 2.45) is 11.8 Å². The Hall–Kier alpha value is -0.883. The lowest BCUT2D eigenvalue weighted by atomic mass is 9.92. The molecule has 0 bridgehead atoms. The number of Topliss-reactive ketones (excluding diaryl/α,β-unsaturated/α-hetero) is 1. The summed E-state index contributed by atoms with van der Waals surface area (Å²) in [7, 11) is -0.584. The minimum absolute atomic E-state index is 0.00303. The molecule has 130 valence electrons. The van der Waals surface area contributed by atoms with Crippen molar-refractivity contribution in [1.29, 1.82) is 0 Å². The summed E-state index contributed by atoms with van der Waals surface area (Å²) in [5.41, 5.74) is 0. The van der Waals surface area contributed by atoms with Gasteiger partial charge in [-0.2, -0.15) is 0 Å². The van der Waals surface area contributed by atoms with E-state index in [1.165, 1.54) is 7.11 Å². The number of carbonyl (C=O) groups excluding carboxylic acids is 2. The molecule has 0 aromatic carbocycles. The largest absolute Gasteiger partial charge is 0.453 e. The van der Waals surface area contributed by atoms with E-state index in [1.807, 2.05) is 20.8 Å². The maximum absolute atomic E-state index is 12.3. The van der Waals surface area contributed by atoms with E-state index < -0.39 is 20.5 Å². The lowest BCUT2D eigenvalue weighted by Crippen LogP contribution is -2.50. The quantitative estimate of drug-likeness (QED) is 0.724. The van der Waals surface area contributed by atoms with Crippen LogP contribution in [0.4, 0.5) is 4.79 Å². The van der Waals surface area contributed by atoms with Crippen LogP contribution >= 0.6 is 0 Å². The molecule has 2 atom stereocenters. The number of amides is 1. The van der Waals surface area contributed by atoms with Gasteiger partial charge in [0.2, 0.25) is 0 Å². The van der Waals surface area contributed by atoms with Gasteiger partial charge in [0.25, 0.3) is 0 Å². The summed E-state index contributed by atoms with van der Waals surface area (Å²) in [6, 6.07) is -0.586. The van der Waals surface area contributed by atoms with E-state index in [4.69, 9.17) is 4.43 Å². The lowest BCUT2D eigenvalue weighted by Gasteiger charge is -2.37. The summed E-state index contributed by atoms with van der Waals surface area (Å²) in [5, 5.41) is 2.76. The smallest absolute Gasteiger partial charge is 0.407 e. The Morgan fingerprint density at radius 3 is 2.00 bits per heavy atom. The van der Waals surface area contributed by atoms with E-state index in [2.05, 4.69) is 43.9 Å². The number of ketones is 1. The zero-order valence-electron chi connectivity index (χ0n) is 15.6. The summed E-state index contributed by atoms with van der Waals surface area (Å²) in [4.78, 5) is 23.8. The van der Waals surface area contributed by atoms with Gasteiger partial charge in [-0.05, 0) is 18.1 Å². The highest BCUT2D eigenvalue weighted by molar-refractivity contribution is 6.74. The Kier molecular flexibility index (Phi) is 7.78. The van der Waals surface area contributed by atoms with Crippen LogP contribution in [0.25, 0.3) is 0 Å². The van der Waals surface area contributed by atoms with Gasteiger partial charge in [0, 0.05) is 18.4 Å². The monoisotopic (exact) mass is 331 g/mol. The maximum Gasteiger partial charge on any atom is 0.407 e. The normalized spacial score (nSPS) is 15.4. The Morgan fingerprint density at radius 1 is 1.14 bits per heavy atom. The predicted octanol–water partition coefficient (Wildman–Crippen LogP) is 3.59. The number of alkyl carbamates (subject to hydrolysis) is 1. The number of hydrogen-bond acceptors (Lipinski definition) is 4. The Balaban J connectivity index is 4.94. The number of methoxy groups -OCH3 is 1. The first kappa shape index (κ1) is 21.1. The fraction of sp³-hybridized carbons (Fsp3) is 0.875. The molecule has 1 amide bonds. The third kappa shape index (κ3) is 6.08. The Morgan fingerprint density at radius 2 is 1.64 bits per heavy atom. The molecule has 0 rings (SSSR count). The van der Waals surface area contributed by atoms with Crippen LogP contribution in [0.3, 0.4) is 0 Å². The third-order valence-corrected chi connectivity index (χ3v) is 8.92. The van der Waals surface area contributed by atoms with Crippen LogP contribution in [0.1, 0.15) is 41.5 Å². The first-order chi connectivity index (χ1) is 9.83. The van der Waals surface area contributed by atoms with Crippen molar-refractivity contribution in [3.8, 4) is 0 Å². The van der Waals surface area contributed by atoms with Crippen molar-refractivity contribution in [1.82, 2.24) is 5.32 Å². The van der Waals surface area contributed by atoms with Gasteiger partial charge in [-0.3, -0.25) is 4.79 Å². The van der Waals surface area contributed by atoms with Crippen LogP contribution in [0.5, 0.6) is 0 Å². The number of carbonyl (C=O) groups is 2. The molecule has 6 heteroatoms. The topological polar surface area (TPSA) is 64.6 Å². The Bertz CT molecular complexity index is 388. The molecule has 0 aliphatic carbocycles. The van der Waals surface area contributed by atoms with Crippen molar-refractivity contribution in [3.05, 3.63) is 0 Å². The van der Waals surface area contributed by atoms with Gasteiger partial charge in [0.15, 0.2) is 14.1 Å². The van der Waals surface area contributed by atoms with Gasteiger partial charge in [0.1, 0.15) is 0 Å². The van der Waals surface area contributed by atoms with Crippen LogP contribution in [0.2, 0.25) is 18.1 Å². The standard InChI is InChI=1S/C16H33NO4Si/c1-11(2)14(18)13(17-15(19)20-7)12(3)10-21-22(8,9)16(4,5)6/h11-13H,10H2,1-9H3,(H,17,19)/t12-,13-/m0/s1. The second-order valence-corrected chi connectivity index (χ2v) is 12.5. The molecule has 0 heterocycles. The fourth-order valence-corrected chi connectivity index (χ4v) is 2.80. The zero-order valence-corrected chi connectivity index (χ0v) is 16.6. The zero-order chi connectivity index (χ0) is 17.7. The van der Waals surface area contributed by atoms with E-state index in [-0.39, 0.29) is 22.7 Å². The second kappa shape index (κ2) is 8.11. The summed E-state index contributed by atoms with van der Waals surface area (Å²) >= 11 is 0. The van der Waals surface area contributed by atoms with Gasteiger partial charge in [-0.15, -0.1) is 0 Å². The van der Waals surface area contributed by atoms with Crippen molar-refractivity contribution in [2.45, 2.75) is 65.7 Å². The van der Waals surface area contributed by atoms with E-state index in [1.54, 1.807) is 0 Å². The molecular formula is C16H33NO4Si. The van der Waals surface area contributed by atoms with Gasteiger partial charge in [0.05, 0.1) is 13.2 Å². The molecule has 0 radical (unpaired) electrons. The van der Waals surface area contributed by atoms with Gasteiger partial charge >= 0.3 is 6.09 Å². The molecular weight excluding hydrogens is 298 g/mol. The maximum atomic E-state index is 12.3. The van der Waals surface area contributed by atoms with Crippen LogP contribution in [-0.4, -0.2) is 40.0 Å². The molecule has 0 fully saturated rings. The predicted molar refractivity (Wildman–Crippen MR) is 91.5 cm³/mol. The average Bonchev–Trinajstić information content (AvgIpc) is 2.39. The number of ether oxygens (including phenoxy) is 1. The average molecular weight is 332 g/mol. The van der Waals surface area contributed by atoms with Crippen LogP contribution in [-0.2, 0) is 14.0 Å². The van der Waals surface area contributed by atoms with Crippen LogP contribution in [0, 0.1) is 11.8 Å². The van der Waals surface area contributed by atoms with Gasteiger partial charge in [-0.1, -0.05) is 41.5 Å². The Labute approximate surface area is 136 Å². The summed E-state index contributed by atoms with van der Waals surface area (Å²) < 4.78 is 10.8. The molecule has 0 aliphatic rings. The molecule has 5 nitrogen and oxygen atoms in total. The SMILES string of the molecule is COC(=O)N[C@H](C(=O)C(C)C)[C@@H](C)CO[Si](C)(C)C(C)(C)C. The number of nitrogens with one attached hydrogen (secondary N) is 1. The van der Waals surface area contributed by atoms with Crippen molar-refractivity contribution in [3.63, 3.8) is 0 Å². The van der Waals surface area contributed by atoms with Crippen molar-refractivity contribution >= 4 is 20.2 Å². The van der Waals surface area contributed by atoms with E-state index >= 15 is 0 Å². The molecule has 0 aromatic heterocycles. The highest BCUT2D eigenvalue weighted by Crippen LogP contribution is 2.36. The molecule has 0 spiro atoms. The summed E-state index contributed by atoms with van der Waals surface area (Å²) in [6.07, 6.45) is -0.585. The molecule has 0 saturated carbocycles. The summed E-state index contributed by atoms with van der Waals surface area (Å²) in [6.45, 7) is 16.9. The van der Waals surface area contributed by atoms with Crippen LogP contribution < -0.4 is 5.32 Å². The summed E-state index contributed by atoms with van der Waals surface area (Å²) in [5.74, 6) is -0.266. The first-order valence-electron chi connectivity index (χ1n) is 7.85. The molecule has 0 unspecified atom stereocenters. The second-order valence-electron chi connectivity index (χ2n) is 7.72. The van der Waals surface area contributed by atoms with Crippen molar-refractivity contribution < 1.29 is 18.8 Å². The lowest BCUT2D eigenvalue weighted by molar-refractivity contribution is -0.125. The minimum Gasteiger partial charge on any atom is -0.453 e. The number of rotatable bonds is 7. The first-order valence-corrected chi connectivity index (χ1v) is 10.8. The highest BCUT2D eigenvalue weighted by atomic mass is 28.4. The van der Waals surface area contributed by atoms with Gasteiger partial charge < -0.3 is 14.5 Å². The molecule has 0 aromatic rings. The highest BCUT2D eigenvalue weighted by Gasteiger charge is 2.38. The van der Waals surface area contributed by atoms with Crippen LogP contribution in [0.15, 0.2) is 0 Å².